The van der Waals surface area contributed by atoms with Crippen molar-refractivity contribution in [1.82, 2.24) is 15.0 Å². The summed E-state index contributed by atoms with van der Waals surface area (Å²) in [6.45, 7) is 0. The summed E-state index contributed by atoms with van der Waals surface area (Å²) in [5, 5.41) is 25.3. The standard InChI is InChI=1S/C25H29BN4O5S/c31-25(29-24(26(32)33)16-19-8-9-19)23(15-18-5-2-1-3-6-18)30-36(34,35)22-12-10-20(11-13-22)28-21-7-4-14-27-17-21/h1-7,10-14,17,19,23-24,28,30,32-33H,8-9,15-16H2,(H,29,31)/t23-,24-/m0/s1. The molecule has 1 fully saturated rings. The number of carbonyl (C=O) groups is 1. The minimum absolute atomic E-state index is 0.00169. The first kappa shape index (κ1) is 25.8. The topological polar surface area (TPSA) is 141 Å². The van der Waals surface area contributed by atoms with Gasteiger partial charge in [-0.1, -0.05) is 43.2 Å². The summed E-state index contributed by atoms with van der Waals surface area (Å²) >= 11 is 0. The highest BCUT2D eigenvalue weighted by Gasteiger charge is 2.35. The van der Waals surface area contributed by atoms with Gasteiger partial charge in [0, 0.05) is 11.9 Å². The molecule has 5 N–H and O–H groups in total. The van der Waals surface area contributed by atoms with E-state index < -0.39 is 35.0 Å². The second kappa shape index (κ2) is 11.7. The first-order valence-electron chi connectivity index (χ1n) is 11.8. The molecular formula is C25H29BN4O5S. The van der Waals surface area contributed by atoms with Crippen LogP contribution in [0.4, 0.5) is 11.4 Å². The van der Waals surface area contributed by atoms with Gasteiger partial charge in [-0.15, -0.1) is 0 Å². The second-order valence-electron chi connectivity index (χ2n) is 8.96. The molecule has 3 aromatic rings. The molecule has 0 aliphatic heterocycles. The van der Waals surface area contributed by atoms with Crippen LogP contribution >= 0.6 is 0 Å². The number of aromatic nitrogens is 1. The number of nitrogens with one attached hydrogen (secondary N) is 3. The number of pyridine rings is 1. The van der Waals surface area contributed by atoms with E-state index in [9.17, 15) is 23.3 Å². The first-order valence-corrected chi connectivity index (χ1v) is 13.3. The summed E-state index contributed by atoms with van der Waals surface area (Å²) < 4.78 is 28.9. The molecule has 0 saturated heterocycles. The number of hydrogen-bond donors (Lipinski definition) is 5. The molecule has 1 saturated carbocycles. The van der Waals surface area contributed by atoms with Gasteiger partial charge in [0.15, 0.2) is 0 Å². The Kier molecular flexibility index (Phi) is 8.37. The molecule has 11 heteroatoms. The summed E-state index contributed by atoms with van der Waals surface area (Å²) in [4.78, 5) is 17.2. The van der Waals surface area contributed by atoms with E-state index in [0.29, 0.717) is 18.0 Å². The van der Waals surface area contributed by atoms with Crippen molar-refractivity contribution in [2.24, 2.45) is 5.92 Å². The summed E-state index contributed by atoms with van der Waals surface area (Å²) in [5.41, 5.74) is 2.21. The fourth-order valence-electron chi connectivity index (χ4n) is 3.86. The Morgan fingerprint density at radius 3 is 2.33 bits per heavy atom. The maximum atomic E-state index is 13.2. The average molecular weight is 508 g/mol. The fraction of sp³-hybridized carbons (Fsp3) is 0.280. The normalized spacial score (nSPS) is 15.1. The molecule has 188 valence electrons. The van der Waals surface area contributed by atoms with Crippen LogP contribution in [0.3, 0.4) is 0 Å². The quantitative estimate of drug-likeness (QED) is 0.236. The maximum absolute atomic E-state index is 13.2. The van der Waals surface area contributed by atoms with E-state index in [4.69, 9.17) is 0 Å². The van der Waals surface area contributed by atoms with Gasteiger partial charge in [0.05, 0.1) is 22.7 Å². The van der Waals surface area contributed by atoms with Gasteiger partial charge < -0.3 is 20.7 Å². The van der Waals surface area contributed by atoms with Crippen molar-refractivity contribution in [2.75, 3.05) is 5.32 Å². The van der Waals surface area contributed by atoms with Gasteiger partial charge in [-0.05, 0) is 60.7 Å². The molecule has 1 aliphatic carbocycles. The van der Waals surface area contributed by atoms with Crippen LogP contribution in [0.1, 0.15) is 24.8 Å². The zero-order chi connectivity index (χ0) is 25.5. The molecule has 1 aromatic heterocycles. The Bertz CT molecular complexity index is 1240. The van der Waals surface area contributed by atoms with Crippen LogP contribution in [0.15, 0.2) is 84.0 Å². The van der Waals surface area contributed by atoms with E-state index in [1.54, 1.807) is 54.9 Å². The Morgan fingerprint density at radius 2 is 1.72 bits per heavy atom. The van der Waals surface area contributed by atoms with Crippen LogP contribution in [0.5, 0.6) is 0 Å². The molecule has 0 bridgehead atoms. The number of sulfonamides is 1. The third-order valence-electron chi connectivity index (χ3n) is 5.98. The predicted octanol–water partition coefficient (Wildman–Crippen LogP) is 2.01. The highest BCUT2D eigenvalue weighted by atomic mass is 32.2. The summed E-state index contributed by atoms with van der Waals surface area (Å²) in [7, 11) is -5.79. The Hall–Kier alpha value is -3.25. The first-order chi connectivity index (χ1) is 17.3. The van der Waals surface area contributed by atoms with Crippen molar-refractivity contribution >= 4 is 34.4 Å². The largest absolute Gasteiger partial charge is 0.475 e. The van der Waals surface area contributed by atoms with Crippen molar-refractivity contribution in [1.29, 1.82) is 0 Å². The number of benzene rings is 2. The van der Waals surface area contributed by atoms with Gasteiger partial charge in [-0.2, -0.15) is 4.72 Å². The fourth-order valence-corrected chi connectivity index (χ4v) is 5.06. The molecule has 1 heterocycles. The molecule has 1 aliphatic rings. The molecule has 0 spiro atoms. The highest BCUT2D eigenvalue weighted by Crippen LogP contribution is 2.33. The molecule has 0 unspecified atom stereocenters. The molecule has 4 rings (SSSR count). The zero-order valence-corrected chi connectivity index (χ0v) is 20.4. The Balaban J connectivity index is 1.50. The molecule has 2 atom stereocenters. The van der Waals surface area contributed by atoms with Gasteiger partial charge in [0.25, 0.3) is 0 Å². The van der Waals surface area contributed by atoms with Crippen molar-refractivity contribution in [3.05, 3.63) is 84.7 Å². The summed E-state index contributed by atoms with van der Waals surface area (Å²) in [5.74, 6) is -1.15. The van der Waals surface area contributed by atoms with E-state index in [2.05, 4.69) is 20.3 Å². The Morgan fingerprint density at radius 1 is 1.00 bits per heavy atom. The van der Waals surface area contributed by atoms with Crippen LogP contribution in [0, 0.1) is 5.92 Å². The van der Waals surface area contributed by atoms with Gasteiger partial charge in [0.1, 0.15) is 6.04 Å². The molecule has 36 heavy (non-hydrogen) atoms. The van der Waals surface area contributed by atoms with Crippen molar-refractivity contribution in [3.8, 4) is 0 Å². The summed E-state index contributed by atoms with van der Waals surface area (Å²) in [6, 6.07) is 17.7. The van der Waals surface area contributed by atoms with Gasteiger partial charge in [-0.25, -0.2) is 8.42 Å². The number of hydrogen-bond acceptors (Lipinski definition) is 7. The van der Waals surface area contributed by atoms with E-state index in [0.717, 1.165) is 24.1 Å². The molecule has 1 amide bonds. The minimum atomic E-state index is -4.06. The number of anilines is 2. The van der Waals surface area contributed by atoms with Gasteiger partial charge >= 0.3 is 7.12 Å². The number of amides is 1. The number of rotatable bonds is 12. The SMILES string of the molecule is O=C(N[C@@H](CC1CC1)B(O)O)[C@H](Cc1ccccc1)NS(=O)(=O)c1ccc(Nc2cccnc2)cc1. The second-order valence-corrected chi connectivity index (χ2v) is 10.7. The summed E-state index contributed by atoms with van der Waals surface area (Å²) in [6.07, 6.45) is 5.79. The molecule has 0 radical (unpaired) electrons. The van der Waals surface area contributed by atoms with Gasteiger partial charge in [-0.3, -0.25) is 9.78 Å². The van der Waals surface area contributed by atoms with E-state index >= 15 is 0 Å². The maximum Gasteiger partial charge on any atom is 0.475 e. The smallest absolute Gasteiger partial charge is 0.426 e. The minimum Gasteiger partial charge on any atom is -0.426 e. The van der Waals surface area contributed by atoms with Crippen molar-refractivity contribution < 1.29 is 23.3 Å². The predicted molar refractivity (Wildman–Crippen MR) is 138 cm³/mol. The molecular weight excluding hydrogens is 479 g/mol. The van der Waals surface area contributed by atoms with Crippen LogP contribution < -0.4 is 15.4 Å². The van der Waals surface area contributed by atoms with E-state index in [1.807, 2.05) is 12.1 Å². The third kappa shape index (κ3) is 7.38. The lowest BCUT2D eigenvalue weighted by atomic mass is 9.76. The van der Waals surface area contributed by atoms with Crippen LogP contribution in [-0.2, 0) is 21.2 Å². The number of carbonyl (C=O) groups excluding carboxylic acids is 1. The zero-order valence-electron chi connectivity index (χ0n) is 19.6. The van der Waals surface area contributed by atoms with Gasteiger partial charge in [0.2, 0.25) is 15.9 Å². The lowest BCUT2D eigenvalue weighted by molar-refractivity contribution is -0.123. The lowest BCUT2D eigenvalue weighted by Crippen LogP contribution is -2.54. The van der Waals surface area contributed by atoms with E-state index in [1.165, 1.54) is 12.1 Å². The van der Waals surface area contributed by atoms with Crippen molar-refractivity contribution in [2.45, 2.75) is 42.6 Å². The molecule has 2 aromatic carbocycles. The third-order valence-corrected chi connectivity index (χ3v) is 7.47. The van der Waals surface area contributed by atoms with Crippen molar-refractivity contribution in [3.63, 3.8) is 0 Å². The number of nitrogens with zero attached hydrogens (tertiary/aromatic N) is 1. The molecule has 9 nitrogen and oxygen atoms in total. The average Bonchev–Trinajstić information content (AvgIpc) is 3.69. The van der Waals surface area contributed by atoms with Crippen LogP contribution in [0.2, 0.25) is 0 Å². The Labute approximate surface area is 211 Å². The van der Waals surface area contributed by atoms with E-state index in [-0.39, 0.29) is 11.3 Å². The van der Waals surface area contributed by atoms with Crippen LogP contribution in [0.25, 0.3) is 0 Å². The highest BCUT2D eigenvalue weighted by molar-refractivity contribution is 7.89. The lowest BCUT2D eigenvalue weighted by Gasteiger charge is -2.23. The monoisotopic (exact) mass is 508 g/mol. The van der Waals surface area contributed by atoms with Crippen LogP contribution in [-0.4, -0.2) is 48.5 Å².